The number of rotatable bonds is 4. The number of nitrogens with two attached hydrogens (primary N) is 1. The number of ether oxygens (including phenoxy) is 1. The predicted octanol–water partition coefficient (Wildman–Crippen LogP) is -2.33. The molecule has 0 saturated carbocycles. The molecule has 0 aromatic heterocycles. The van der Waals surface area contributed by atoms with E-state index in [0.717, 1.165) is 0 Å². The summed E-state index contributed by atoms with van der Waals surface area (Å²) in [5.41, 5.74) is 3.90. The summed E-state index contributed by atoms with van der Waals surface area (Å²) < 4.78 is 5.08. The molecule has 124 valence electrons. The molecule has 1 aliphatic rings. The van der Waals surface area contributed by atoms with Gasteiger partial charge in [0.15, 0.2) is 6.29 Å². The van der Waals surface area contributed by atoms with Gasteiger partial charge in [0.1, 0.15) is 17.8 Å². The molecular weight excluding hydrogens is 280 g/mol. The minimum Gasteiger partial charge on any atom is -0.394 e. The van der Waals surface area contributed by atoms with Crippen LogP contribution in [0.1, 0.15) is 27.2 Å². The van der Waals surface area contributed by atoms with Gasteiger partial charge in [-0.2, -0.15) is 0 Å². The minimum atomic E-state index is -1.83. The summed E-state index contributed by atoms with van der Waals surface area (Å²) in [5, 5.41) is 42.0. The number of amides is 1. The maximum atomic E-state index is 12.0. The van der Waals surface area contributed by atoms with Crippen LogP contribution in [-0.4, -0.2) is 69.1 Å². The maximum absolute atomic E-state index is 12.0. The second kappa shape index (κ2) is 6.99. The molecule has 0 aliphatic carbocycles. The van der Waals surface area contributed by atoms with E-state index >= 15 is 0 Å². The molecular formula is C13H26N2O6. The van der Waals surface area contributed by atoms with Crippen LogP contribution in [0.3, 0.4) is 0 Å². The van der Waals surface area contributed by atoms with Crippen molar-refractivity contribution in [3.8, 4) is 0 Å². The summed E-state index contributed by atoms with van der Waals surface area (Å²) in [7, 11) is 0. The van der Waals surface area contributed by atoms with Crippen LogP contribution in [0, 0.1) is 5.92 Å². The van der Waals surface area contributed by atoms with Crippen molar-refractivity contribution >= 4 is 5.91 Å². The Morgan fingerprint density at radius 3 is 2.52 bits per heavy atom. The highest BCUT2D eigenvalue weighted by Gasteiger charge is 2.48. The fourth-order valence-electron chi connectivity index (χ4n) is 2.27. The molecule has 1 fully saturated rings. The number of hydrogen-bond acceptors (Lipinski definition) is 7. The first-order chi connectivity index (χ1) is 9.61. The Bertz CT molecular complexity index is 363. The number of aliphatic hydroxyl groups is 4. The van der Waals surface area contributed by atoms with Crippen LogP contribution in [0.15, 0.2) is 0 Å². The normalized spacial score (nSPS) is 38.9. The van der Waals surface area contributed by atoms with Gasteiger partial charge in [-0.3, -0.25) is 4.79 Å². The van der Waals surface area contributed by atoms with Gasteiger partial charge in [-0.1, -0.05) is 13.8 Å². The van der Waals surface area contributed by atoms with E-state index in [9.17, 15) is 25.2 Å². The zero-order valence-corrected chi connectivity index (χ0v) is 12.6. The molecule has 7 N–H and O–H groups in total. The minimum absolute atomic E-state index is 0.0974. The van der Waals surface area contributed by atoms with Crippen LogP contribution >= 0.6 is 0 Å². The molecule has 6 atom stereocenters. The molecule has 1 heterocycles. The Hall–Kier alpha value is -0.770. The molecule has 0 aromatic carbocycles. The molecule has 8 heteroatoms. The topological polar surface area (TPSA) is 145 Å². The highest BCUT2D eigenvalue weighted by atomic mass is 16.6. The molecule has 1 amide bonds. The molecule has 0 bridgehead atoms. The SMILES string of the molecule is CC(C)C(N)C(=O)NC1CC(O)OC(CO)C(C)(O)C1O. The summed E-state index contributed by atoms with van der Waals surface area (Å²) >= 11 is 0. The molecule has 8 nitrogen and oxygen atoms in total. The van der Waals surface area contributed by atoms with Gasteiger partial charge in [0.2, 0.25) is 5.91 Å². The van der Waals surface area contributed by atoms with Gasteiger partial charge in [0.05, 0.1) is 18.7 Å². The summed E-state index contributed by atoms with van der Waals surface area (Å²) in [6, 6.07) is -1.71. The van der Waals surface area contributed by atoms with Gasteiger partial charge in [0.25, 0.3) is 0 Å². The third-order valence-electron chi connectivity index (χ3n) is 3.92. The second-order valence-corrected chi connectivity index (χ2v) is 6.05. The first-order valence-corrected chi connectivity index (χ1v) is 7.02. The largest absolute Gasteiger partial charge is 0.394 e. The predicted molar refractivity (Wildman–Crippen MR) is 74.0 cm³/mol. The Morgan fingerprint density at radius 1 is 1.48 bits per heavy atom. The number of nitrogens with one attached hydrogen (secondary N) is 1. The van der Waals surface area contributed by atoms with Crippen LogP contribution in [0.25, 0.3) is 0 Å². The van der Waals surface area contributed by atoms with E-state index in [4.69, 9.17) is 10.5 Å². The number of hydrogen-bond donors (Lipinski definition) is 6. The van der Waals surface area contributed by atoms with Crippen LogP contribution < -0.4 is 11.1 Å². The van der Waals surface area contributed by atoms with Crippen molar-refractivity contribution in [3.05, 3.63) is 0 Å². The molecule has 1 rings (SSSR count). The molecule has 1 saturated heterocycles. The lowest BCUT2D eigenvalue weighted by atomic mass is 9.87. The quantitative estimate of drug-likeness (QED) is 0.341. The van der Waals surface area contributed by atoms with Gasteiger partial charge < -0.3 is 36.2 Å². The third-order valence-corrected chi connectivity index (χ3v) is 3.92. The van der Waals surface area contributed by atoms with Crippen molar-refractivity contribution in [2.24, 2.45) is 11.7 Å². The van der Waals surface area contributed by atoms with Gasteiger partial charge in [0, 0.05) is 6.42 Å². The van der Waals surface area contributed by atoms with E-state index in [-0.39, 0.29) is 12.3 Å². The van der Waals surface area contributed by atoms with Gasteiger partial charge >= 0.3 is 0 Å². The van der Waals surface area contributed by atoms with E-state index in [1.54, 1.807) is 13.8 Å². The second-order valence-electron chi connectivity index (χ2n) is 6.05. The van der Waals surface area contributed by atoms with Crippen molar-refractivity contribution in [1.82, 2.24) is 5.32 Å². The first-order valence-electron chi connectivity index (χ1n) is 7.02. The lowest BCUT2D eigenvalue weighted by Gasteiger charge is -2.36. The van der Waals surface area contributed by atoms with Crippen molar-refractivity contribution in [2.75, 3.05) is 6.61 Å². The zero-order valence-electron chi connectivity index (χ0n) is 12.6. The van der Waals surface area contributed by atoms with Crippen molar-refractivity contribution in [3.63, 3.8) is 0 Å². The molecule has 0 radical (unpaired) electrons. The molecule has 6 unspecified atom stereocenters. The zero-order chi connectivity index (χ0) is 16.4. The van der Waals surface area contributed by atoms with E-state index in [2.05, 4.69) is 5.32 Å². The van der Waals surface area contributed by atoms with E-state index in [0.29, 0.717) is 0 Å². The van der Waals surface area contributed by atoms with Crippen LogP contribution in [0.5, 0.6) is 0 Å². The average Bonchev–Trinajstić information content (AvgIpc) is 2.48. The molecule has 0 spiro atoms. The van der Waals surface area contributed by atoms with E-state index in [1.807, 2.05) is 0 Å². The average molecular weight is 306 g/mol. The smallest absolute Gasteiger partial charge is 0.237 e. The van der Waals surface area contributed by atoms with Crippen LogP contribution in [-0.2, 0) is 9.53 Å². The van der Waals surface area contributed by atoms with Gasteiger partial charge in [-0.15, -0.1) is 0 Å². The summed E-state index contributed by atoms with van der Waals surface area (Å²) in [5.74, 6) is -0.584. The Balaban J connectivity index is 2.88. The van der Waals surface area contributed by atoms with Crippen LogP contribution in [0.4, 0.5) is 0 Å². The fraction of sp³-hybridized carbons (Fsp3) is 0.923. The lowest BCUT2D eigenvalue weighted by molar-refractivity contribution is -0.205. The summed E-state index contributed by atoms with van der Waals surface area (Å²) in [4.78, 5) is 12.0. The number of carbonyl (C=O) groups is 1. The molecule has 0 aromatic rings. The highest BCUT2D eigenvalue weighted by Crippen LogP contribution is 2.27. The van der Waals surface area contributed by atoms with Gasteiger partial charge in [-0.05, 0) is 12.8 Å². The lowest BCUT2D eigenvalue weighted by Crippen LogP contribution is -2.60. The third kappa shape index (κ3) is 4.12. The Labute approximate surface area is 123 Å². The van der Waals surface area contributed by atoms with E-state index < -0.39 is 48.7 Å². The fourth-order valence-corrected chi connectivity index (χ4v) is 2.27. The molecule has 21 heavy (non-hydrogen) atoms. The Morgan fingerprint density at radius 2 is 2.05 bits per heavy atom. The maximum Gasteiger partial charge on any atom is 0.237 e. The van der Waals surface area contributed by atoms with Crippen molar-refractivity contribution < 1.29 is 30.0 Å². The number of aliphatic hydroxyl groups excluding tert-OH is 3. The van der Waals surface area contributed by atoms with Crippen molar-refractivity contribution in [2.45, 2.75) is 63.4 Å². The monoisotopic (exact) mass is 306 g/mol. The van der Waals surface area contributed by atoms with Crippen LogP contribution in [0.2, 0.25) is 0 Å². The number of carbonyl (C=O) groups excluding carboxylic acids is 1. The van der Waals surface area contributed by atoms with Gasteiger partial charge in [-0.25, -0.2) is 0 Å². The standard InChI is InChI=1S/C13H26N2O6/c1-6(2)10(14)12(19)15-7-4-9(17)21-8(5-16)13(3,20)11(7)18/h6-11,16-18,20H,4-5,14H2,1-3H3,(H,15,19). The van der Waals surface area contributed by atoms with E-state index in [1.165, 1.54) is 6.92 Å². The highest BCUT2D eigenvalue weighted by molar-refractivity contribution is 5.82. The van der Waals surface area contributed by atoms with Crippen molar-refractivity contribution in [1.29, 1.82) is 0 Å². The Kier molecular flexibility index (Phi) is 6.09. The molecule has 1 aliphatic heterocycles. The first kappa shape index (κ1) is 18.3. The summed E-state index contributed by atoms with van der Waals surface area (Å²) in [6.45, 7) is 4.26. The summed E-state index contributed by atoms with van der Waals surface area (Å²) in [6.07, 6.45) is -4.03.